The lowest BCUT2D eigenvalue weighted by Crippen LogP contribution is -2.46. The first-order valence-corrected chi connectivity index (χ1v) is 7.07. The van der Waals surface area contributed by atoms with Gasteiger partial charge in [-0.15, -0.1) is 0 Å². The van der Waals surface area contributed by atoms with E-state index < -0.39 is 0 Å². The van der Waals surface area contributed by atoms with Crippen LogP contribution in [0.3, 0.4) is 0 Å². The minimum absolute atomic E-state index is 0.0199. The fourth-order valence-corrected chi connectivity index (χ4v) is 2.39. The van der Waals surface area contributed by atoms with Crippen LogP contribution in [0.1, 0.15) is 10.4 Å². The Balaban J connectivity index is 2.12. The molecule has 0 saturated carbocycles. The Morgan fingerprint density at radius 1 is 1.61 bits per heavy atom. The van der Waals surface area contributed by atoms with Crippen LogP contribution in [0.5, 0.6) is 5.75 Å². The molecule has 1 atom stereocenters. The number of carbonyl (C=O) groups is 1. The van der Waals surface area contributed by atoms with Gasteiger partial charge in [-0.1, -0.05) is 27.5 Å². The number of phenols is 1. The first-order valence-electron chi connectivity index (χ1n) is 5.57. The first-order chi connectivity index (χ1) is 8.61. The van der Waals surface area contributed by atoms with E-state index in [1.165, 1.54) is 12.1 Å². The molecular weight excluding hydrogens is 321 g/mol. The van der Waals surface area contributed by atoms with Gasteiger partial charge in [0, 0.05) is 24.0 Å². The molecule has 1 heterocycles. The molecule has 6 heteroatoms. The van der Waals surface area contributed by atoms with Gasteiger partial charge >= 0.3 is 0 Å². The molecule has 1 fully saturated rings. The van der Waals surface area contributed by atoms with Crippen LogP contribution in [0.2, 0.25) is 5.02 Å². The Hall–Kier alpha value is -0.780. The van der Waals surface area contributed by atoms with Crippen molar-refractivity contribution in [1.29, 1.82) is 0 Å². The molecule has 98 valence electrons. The summed E-state index contributed by atoms with van der Waals surface area (Å²) in [6, 6.07) is 4.48. The van der Waals surface area contributed by atoms with Crippen molar-refractivity contribution in [3.8, 4) is 5.75 Å². The maximum Gasteiger partial charge on any atom is 0.254 e. The van der Waals surface area contributed by atoms with Crippen LogP contribution in [0.4, 0.5) is 0 Å². The molecule has 1 N–H and O–H groups in total. The van der Waals surface area contributed by atoms with E-state index in [0.29, 0.717) is 30.6 Å². The Morgan fingerprint density at radius 3 is 3.06 bits per heavy atom. The van der Waals surface area contributed by atoms with Crippen LogP contribution >= 0.6 is 27.5 Å². The highest BCUT2D eigenvalue weighted by Gasteiger charge is 2.24. The molecule has 0 aliphatic carbocycles. The molecular formula is C12H13BrClNO3. The minimum Gasteiger partial charge on any atom is -0.506 e. The summed E-state index contributed by atoms with van der Waals surface area (Å²) in [7, 11) is 0. The predicted octanol–water partition coefficient (Wildman–Crippen LogP) is 2.28. The van der Waals surface area contributed by atoms with Crippen molar-refractivity contribution in [3.63, 3.8) is 0 Å². The lowest BCUT2D eigenvalue weighted by atomic mass is 10.1. The van der Waals surface area contributed by atoms with E-state index in [2.05, 4.69) is 15.9 Å². The third-order valence-electron chi connectivity index (χ3n) is 2.79. The lowest BCUT2D eigenvalue weighted by molar-refractivity contribution is -0.00965. The number of hydrogen-bond acceptors (Lipinski definition) is 3. The summed E-state index contributed by atoms with van der Waals surface area (Å²) in [5, 5.41) is 10.2. The van der Waals surface area contributed by atoms with Crippen molar-refractivity contribution in [2.24, 2.45) is 0 Å². The van der Waals surface area contributed by atoms with Crippen molar-refractivity contribution in [3.05, 3.63) is 28.8 Å². The zero-order valence-corrected chi connectivity index (χ0v) is 11.9. The molecule has 1 aromatic rings. The molecule has 1 unspecified atom stereocenters. The fourth-order valence-electron chi connectivity index (χ4n) is 1.82. The molecule has 1 aromatic carbocycles. The van der Waals surface area contributed by atoms with Crippen molar-refractivity contribution in [1.82, 2.24) is 4.90 Å². The van der Waals surface area contributed by atoms with Gasteiger partial charge in [0.2, 0.25) is 0 Å². The van der Waals surface area contributed by atoms with Gasteiger partial charge in [0.1, 0.15) is 5.75 Å². The topological polar surface area (TPSA) is 49.8 Å². The van der Waals surface area contributed by atoms with Crippen molar-refractivity contribution >= 4 is 33.4 Å². The number of amides is 1. The van der Waals surface area contributed by atoms with E-state index in [0.717, 1.165) is 0 Å². The first kappa shape index (κ1) is 13.6. The van der Waals surface area contributed by atoms with E-state index in [4.69, 9.17) is 16.3 Å². The van der Waals surface area contributed by atoms with Crippen LogP contribution in [0.15, 0.2) is 18.2 Å². The quantitative estimate of drug-likeness (QED) is 0.844. The Morgan fingerprint density at radius 2 is 2.39 bits per heavy atom. The maximum atomic E-state index is 12.2. The lowest BCUT2D eigenvalue weighted by Gasteiger charge is -2.32. The number of hydrogen-bond donors (Lipinski definition) is 1. The van der Waals surface area contributed by atoms with E-state index in [-0.39, 0.29) is 22.8 Å². The number of rotatable bonds is 2. The zero-order valence-electron chi connectivity index (χ0n) is 9.60. The van der Waals surface area contributed by atoms with Gasteiger partial charge in [-0.3, -0.25) is 4.79 Å². The Kier molecular flexibility index (Phi) is 4.48. The molecule has 0 radical (unpaired) electrons. The summed E-state index contributed by atoms with van der Waals surface area (Å²) in [4.78, 5) is 14.0. The molecule has 1 saturated heterocycles. The molecule has 1 amide bonds. The van der Waals surface area contributed by atoms with Crippen molar-refractivity contribution in [2.75, 3.05) is 25.0 Å². The summed E-state index contributed by atoms with van der Waals surface area (Å²) in [5.41, 5.74) is 0.480. The SMILES string of the molecule is O=C(c1ccc(O)c(Cl)c1)N1CCOC(CBr)C1. The summed E-state index contributed by atoms with van der Waals surface area (Å²) in [5.74, 6) is -0.111. The smallest absolute Gasteiger partial charge is 0.254 e. The van der Waals surface area contributed by atoms with Gasteiger partial charge in [0.15, 0.2) is 0 Å². The van der Waals surface area contributed by atoms with Crippen LogP contribution in [0.25, 0.3) is 0 Å². The van der Waals surface area contributed by atoms with Crippen LogP contribution in [-0.4, -0.2) is 47.0 Å². The highest BCUT2D eigenvalue weighted by Crippen LogP contribution is 2.24. The standard InChI is InChI=1S/C12H13BrClNO3/c13-6-9-7-15(3-4-18-9)12(17)8-1-2-11(16)10(14)5-8/h1-2,5,9,16H,3-4,6-7H2. The molecule has 0 bridgehead atoms. The predicted molar refractivity (Wildman–Crippen MR) is 72.6 cm³/mol. The average Bonchev–Trinajstić information content (AvgIpc) is 2.41. The van der Waals surface area contributed by atoms with E-state index >= 15 is 0 Å². The number of ether oxygens (including phenoxy) is 1. The van der Waals surface area contributed by atoms with Gasteiger partial charge in [-0.2, -0.15) is 0 Å². The number of alkyl halides is 1. The van der Waals surface area contributed by atoms with Gasteiger partial charge in [-0.05, 0) is 18.2 Å². The molecule has 1 aliphatic rings. The average molecular weight is 335 g/mol. The molecule has 2 rings (SSSR count). The molecule has 0 aromatic heterocycles. The van der Waals surface area contributed by atoms with Crippen molar-refractivity contribution in [2.45, 2.75) is 6.10 Å². The van der Waals surface area contributed by atoms with Crippen molar-refractivity contribution < 1.29 is 14.6 Å². The Labute approximate surface area is 119 Å². The molecule has 0 spiro atoms. The maximum absolute atomic E-state index is 12.2. The van der Waals surface area contributed by atoms with Gasteiger partial charge < -0.3 is 14.7 Å². The van der Waals surface area contributed by atoms with Crippen LogP contribution in [0, 0.1) is 0 Å². The molecule has 18 heavy (non-hydrogen) atoms. The number of nitrogens with zero attached hydrogens (tertiary/aromatic N) is 1. The third kappa shape index (κ3) is 2.96. The van der Waals surface area contributed by atoms with Gasteiger partial charge in [-0.25, -0.2) is 0 Å². The number of halogens is 2. The summed E-state index contributed by atoms with van der Waals surface area (Å²) < 4.78 is 5.48. The van der Waals surface area contributed by atoms with Gasteiger partial charge in [0.05, 0.1) is 17.7 Å². The van der Waals surface area contributed by atoms with E-state index in [1.54, 1.807) is 11.0 Å². The highest BCUT2D eigenvalue weighted by atomic mass is 79.9. The Bertz CT molecular complexity index is 455. The zero-order chi connectivity index (χ0) is 13.1. The number of aromatic hydroxyl groups is 1. The monoisotopic (exact) mass is 333 g/mol. The minimum atomic E-state index is -0.0915. The molecule has 1 aliphatic heterocycles. The summed E-state index contributed by atoms with van der Waals surface area (Å²) in [6.45, 7) is 1.66. The second kappa shape index (κ2) is 5.91. The number of benzene rings is 1. The highest BCUT2D eigenvalue weighted by molar-refractivity contribution is 9.09. The summed E-state index contributed by atoms with van der Waals surface area (Å²) in [6.07, 6.45) is 0.0234. The third-order valence-corrected chi connectivity index (χ3v) is 3.82. The largest absolute Gasteiger partial charge is 0.506 e. The number of phenolic OH excluding ortho intramolecular Hbond substituents is 1. The van der Waals surface area contributed by atoms with Gasteiger partial charge in [0.25, 0.3) is 5.91 Å². The van der Waals surface area contributed by atoms with E-state index in [9.17, 15) is 9.90 Å². The fraction of sp³-hybridized carbons (Fsp3) is 0.417. The normalized spacial score (nSPS) is 19.9. The number of morpholine rings is 1. The summed E-state index contributed by atoms with van der Waals surface area (Å²) >= 11 is 9.15. The van der Waals surface area contributed by atoms with Crippen LogP contribution < -0.4 is 0 Å². The number of carbonyl (C=O) groups excluding carboxylic acids is 1. The second-order valence-corrected chi connectivity index (χ2v) is 5.12. The molecule has 4 nitrogen and oxygen atoms in total. The van der Waals surface area contributed by atoms with E-state index in [1.807, 2.05) is 0 Å². The second-order valence-electron chi connectivity index (χ2n) is 4.06. The van der Waals surface area contributed by atoms with Crippen LogP contribution in [-0.2, 0) is 4.74 Å².